The number of hydrogen-bond donors (Lipinski definition) is 1. The van der Waals surface area contributed by atoms with Crippen molar-refractivity contribution >= 4 is 21.6 Å². The molecule has 0 spiro atoms. The van der Waals surface area contributed by atoms with Gasteiger partial charge in [0.25, 0.3) is 0 Å². The lowest BCUT2D eigenvalue weighted by Crippen LogP contribution is -2.36. The van der Waals surface area contributed by atoms with Crippen LogP contribution in [0.4, 0.5) is 5.69 Å². The molecule has 0 unspecified atom stereocenters. The Morgan fingerprint density at radius 3 is 2.64 bits per heavy atom. The first kappa shape index (κ1) is 15.5. The van der Waals surface area contributed by atoms with Crippen LogP contribution in [0.5, 0.6) is 0 Å². The summed E-state index contributed by atoms with van der Waals surface area (Å²) in [6.45, 7) is 2.73. The van der Waals surface area contributed by atoms with E-state index in [1.54, 1.807) is 24.0 Å². The molecular formula is C15H20N2O4S. The summed E-state index contributed by atoms with van der Waals surface area (Å²) in [4.78, 5) is 14.0. The minimum Gasteiger partial charge on any atom is -0.383 e. The number of nitrogens with one attached hydrogen (secondary N) is 1. The van der Waals surface area contributed by atoms with Gasteiger partial charge in [-0.15, -0.1) is 0 Å². The van der Waals surface area contributed by atoms with Gasteiger partial charge in [0, 0.05) is 26.1 Å². The third kappa shape index (κ3) is 2.64. The molecule has 0 aliphatic carbocycles. The fourth-order valence-electron chi connectivity index (χ4n) is 3.20. The molecule has 1 amide bonds. The quantitative estimate of drug-likeness (QED) is 0.871. The lowest BCUT2D eigenvalue weighted by atomic mass is 10.00. The number of sulfonamides is 1. The van der Waals surface area contributed by atoms with Gasteiger partial charge in [0.05, 0.1) is 17.2 Å². The number of ether oxygens (including phenoxy) is 1. The van der Waals surface area contributed by atoms with Gasteiger partial charge in [-0.2, -0.15) is 0 Å². The van der Waals surface area contributed by atoms with Crippen LogP contribution >= 0.6 is 0 Å². The van der Waals surface area contributed by atoms with Crippen LogP contribution in [0, 0.1) is 0 Å². The number of benzene rings is 1. The van der Waals surface area contributed by atoms with Crippen molar-refractivity contribution in [1.82, 2.24) is 4.72 Å². The topological polar surface area (TPSA) is 75.7 Å². The Balaban J connectivity index is 1.96. The van der Waals surface area contributed by atoms with Crippen molar-refractivity contribution in [2.45, 2.75) is 37.1 Å². The predicted molar refractivity (Wildman–Crippen MR) is 82.5 cm³/mol. The SMILES string of the molecule is COC[C@H](C)NS(=O)(=O)c1cc2c3c(c1)CCN3C(=O)CC2. The van der Waals surface area contributed by atoms with Crippen LogP contribution in [0.1, 0.15) is 24.5 Å². The summed E-state index contributed by atoms with van der Waals surface area (Å²) in [6.07, 6.45) is 1.77. The zero-order valence-electron chi connectivity index (χ0n) is 12.8. The van der Waals surface area contributed by atoms with Crippen LogP contribution < -0.4 is 9.62 Å². The molecule has 1 aromatic rings. The fourth-order valence-corrected chi connectivity index (χ4v) is 4.53. The Bertz CT molecular complexity index is 714. The lowest BCUT2D eigenvalue weighted by Gasteiger charge is -2.26. The molecule has 1 N–H and O–H groups in total. The number of carbonyl (C=O) groups excluding carboxylic acids is 1. The number of carbonyl (C=O) groups is 1. The summed E-state index contributed by atoms with van der Waals surface area (Å²) >= 11 is 0. The van der Waals surface area contributed by atoms with E-state index < -0.39 is 10.0 Å². The Morgan fingerprint density at radius 2 is 1.95 bits per heavy atom. The number of aryl methyl sites for hydroxylation is 1. The van der Waals surface area contributed by atoms with Crippen molar-refractivity contribution in [2.75, 3.05) is 25.2 Å². The third-order valence-electron chi connectivity index (χ3n) is 4.11. The molecule has 0 fully saturated rings. The molecule has 6 nitrogen and oxygen atoms in total. The summed E-state index contributed by atoms with van der Waals surface area (Å²) in [5, 5.41) is 0. The first-order chi connectivity index (χ1) is 10.4. The fraction of sp³-hybridized carbons (Fsp3) is 0.533. The molecule has 22 heavy (non-hydrogen) atoms. The number of amides is 1. The summed E-state index contributed by atoms with van der Waals surface area (Å²) < 4.78 is 32.6. The number of nitrogens with zero attached hydrogens (tertiary/aromatic N) is 1. The average molecular weight is 324 g/mol. The molecule has 2 aliphatic rings. The van der Waals surface area contributed by atoms with E-state index in [9.17, 15) is 13.2 Å². The molecule has 120 valence electrons. The summed E-state index contributed by atoms with van der Waals surface area (Å²) in [5.74, 6) is 0.133. The van der Waals surface area contributed by atoms with Crippen LogP contribution in [0.25, 0.3) is 0 Å². The minimum atomic E-state index is -3.58. The van der Waals surface area contributed by atoms with Crippen LogP contribution in [-0.4, -0.2) is 40.6 Å². The average Bonchev–Trinajstić information content (AvgIpc) is 2.88. The van der Waals surface area contributed by atoms with Gasteiger partial charge in [0.2, 0.25) is 15.9 Å². The molecule has 2 heterocycles. The van der Waals surface area contributed by atoms with E-state index in [2.05, 4.69) is 4.72 Å². The zero-order valence-corrected chi connectivity index (χ0v) is 13.6. The summed E-state index contributed by atoms with van der Waals surface area (Å²) in [6, 6.07) is 3.10. The molecule has 2 aliphatic heterocycles. The standard InChI is InChI=1S/C15H20N2O4S/c1-10(9-21-2)16-22(19,20)13-7-11-3-4-14(18)17-6-5-12(8-13)15(11)17/h7-8,10,16H,3-6,9H2,1-2H3/t10-/m0/s1. The summed E-state index contributed by atoms with van der Waals surface area (Å²) in [5.41, 5.74) is 2.83. The third-order valence-corrected chi connectivity index (χ3v) is 5.68. The Kier molecular flexibility index (Phi) is 3.96. The number of methoxy groups -OCH3 is 1. The smallest absolute Gasteiger partial charge is 0.240 e. The van der Waals surface area contributed by atoms with E-state index in [0.29, 0.717) is 32.4 Å². The molecular weight excluding hydrogens is 304 g/mol. The van der Waals surface area contributed by atoms with Gasteiger partial charge in [-0.25, -0.2) is 13.1 Å². The Labute approximate surface area is 130 Å². The maximum Gasteiger partial charge on any atom is 0.240 e. The first-order valence-corrected chi connectivity index (χ1v) is 8.88. The number of hydrogen-bond acceptors (Lipinski definition) is 4. The monoisotopic (exact) mass is 324 g/mol. The lowest BCUT2D eigenvalue weighted by molar-refractivity contribution is -0.118. The molecule has 0 saturated carbocycles. The van der Waals surface area contributed by atoms with Crippen molar-refractivity contribution in [3.05, 3.63) is 23.3 Å². The highest BCUT2D eigenvalue weighted by molar-refractivity contribution is 7.89. The second-order valence-corrected chi connectivity index (χ2v) is 7.58. The second kappa shape index (κ2) is 5.64. The van der Waals surface area contributed by atoms with Gasteiger partial charge in [-0.1, -0.05) is 0 Å². The van der Waals surface area contributed by atoms with Gasteiger partial charge in [-0.05, 0) is 43.0 Å². The molecule has 1 aromatic carbocycles. The van der Waals surface area contributed by atoms with Gasteiger partial charge >= 0.3 is 0 Å². The van der Waals surface area contributed by atoms with Crippen molar-refractivity contribution in [3.8, 4) is 0 Å². The zero-order chi connectivity index (χ0) is 15.9. The summed E-state index contributed by atoms with van der Waals surface area (Å²) in [7, 11) is -2.04. The van der Waals surface area contributed by atoms with Crippen LogP contribution in [-0.2, 0) is 32.4 Å². The van der Waals surface area contributed by atoms with E-state index in [4.69, 9.17) is 4.74 Å². The van der Waals surface area contributed by atoms with Crippen molar-refractivity contribution < 1.29 is 17.9 Å². The normalized spacial score (nSPS) is 18.5. The molecule has 0 radical (unpaired) electrons. The van der Waals surface area contributed by atoms with Gasteiger partial charge in [0.15, 0.2) is 0 Å². The molecule has 0 bridgehead atoms. The number of rotatable bonds is 5. The van der Waals surface area contributed by atoms with Gasteiger partial charge in [-0.3, -0.25) is 4.79 Å². The van der Waals surface area contributed by atoms with E-state index in [1.807, 2.05) is 0 Å². The maximum atomic E-state index is 12.5. The largest absolute Gasteiger partial charge is 0.383 e. The van der Waals surface area contributed by atoms with E-state index in [1.165, 1.54) is 7.11 Å². The van der Waals surface area contributed by atoms with Crippen molar-refractivity contribution in [3.63, 3.8) is 0 Å². The predicted octanol–water partition coefficient (Wildman–Crippen LogP) is 0.835. The van der Waals surface area contributed by atoms with E-state index in [-0.39, 0.29) is 16.8 Å². The van der Waals surface area contributed by atoms with Crippen LogP contribution in [0.2, 0.25) is 0 Å². The Hall–Kier alpha value is -1.44. The highest BCUT2D eigenvalue weighted by Crippen LogP contribution is 2.38. The van der Waals surface area contributed by atoms with Crippen molar-refractivity contribution in [1.29, 1.82) is 0 Å². The maximum absolute atomic E-state index is 12.5. The first-order valence-electron chi connectivity index (χ1n) is 7.40. The van der Waals surface area contributed by atoms with Gasteiger partial charge in [0.1, 0.15) is 0 Å². The van der Waals surface area contributed by atoms with Crippen LogP contribution in [0.15, 0.2) is 17.0 Å². The van der Waals surface area contributed by atoms with E-state index >= 15 is 0 Å². The van der Waals surface area contributed by atoms with Crippen molar-refractivity contribution in [2.24, 2.45) is 0 Å². The highest BCUT2D eigenvalue weighted by Gasteiger charge is 2.33. The van der Waals surface area contributed by atoms with E-state index in [0.717, 1.165) is 16.8 Å². The second-order valence-electron chi connectivity index (χ2n) is 5.86. The molecule has 1 atom stereocenters. The van der Waals surface area contributed by atoms with Gasteiger partial charge < -0.3 is 9.64 Å². The Morgan fingerprint density at radius 1 is 1.27 bits per heavy atom. The highest BCUT2D eigenvalue weighted by atomic mass is 32.2. The molecule has 0 saturated heterocycles. The number of anilines is 1. The molecule has 7 heteroatoms. The molecule has 0 aromatic heterocycles. The van der Waals surface area contributed by atoms with Crippen LogP contribution in [0.3, 0.4) is 0 Å². The molecule has 3 rings (SSSR count). The minimum absolute atomic E-state index is 0.133.